The van der Waals surface area contributed by atoms with Crippen LogP contribution in [0.2, 0.25) is 0 Å². The number of anilines is 1. The molecule has 0 aromatic carbocycles. The number of pyridine rings is 2. The number of carbonyl (C=O) groups is 1. The van der Waals surface area contributed by atoms with Crippen LogP contribution >= 0.6 is 0 Å². The number of aromatic nitrogens is 2. The molecule has 1 amide bonds. The molecule has 0 bridgehead atoms. The molecule has 2 aromatic rings. The Labute approximate surface area is 157 Å². The lowest BCUT2D eigenvalue weighted by Gasteiger charge is -2.19. The van der Waals surface area contributed by atoms with Gasteiger partial charge in [-0.15, -0.1) is 0 Å². The van der Waals surface area contributed by atoms with Crippen molar-refractivity contribution in [1.82, 2.24) is 13.9 Å². The minimum absolute atomic E-state index is 0.0373. The van der Waals surface area contributed by atoms with Crippen molar-refractivity contribution in [3.05, 3.63) is 47.0 Å². The van der Waals surface area contributed by atoms with Gasteiger partial charge >= 0.3 is 0 Å². The van der Waals surface area contributed by atoms with E-state index in [2.05, 4.69) is 10.3 Å². The molecule has 1 N–H and O–H groups in total. The second-order valence-electron chi connectivity index (χ2n) is 5.56. The van der Waals surface area contributed by atoms with Crippen molar-refractivity contribution in [2.24, 2.45) is 0 Å². The summed E-state index contributed by atoms with van der Waals surface area (Å²) in [5, 5.41) is 2.60. The summed E-state index contributed by atoms with van der Waals surface area (Å²) in [5.74, 6) is -0.0833. The average Bonchev–Trinajstić information content (AvgIpc) is 2.64. The van der Waals surface area contributed by atoms with E-state index in [1.807, 2.05) is 0 Å². The van der Waals surface area contributed by atoms with Gasteiger partial charge in [0.05, 0.1) is 23.9 Å². The number of carbonyl (C=O) groups excluding carboxylic acids is 1. The highest BCUT2D eigenvalue weighted by Crippen LogP contribution is 2.14. The third-order valence-corrected chi connectivity index (χ3v) is 5.88. The molecule has 27 heavy (non-hydrogen) atoms. The SMILES string of the molecule is CCN(CC)S(=O)(=O)c1ccc(=O)n(CC(=O)Nc2ccc(OC)nc2)c1. The Balaban J connectivity index is 2.20. The number of sulfonamides is 1. The second kappa shape index (κ2) is 8.78. The number of methoxy groups -OCH3 is 1. The van der Waals surface area contributed by atoms with E-state index in [-0.39, 0.29) is 11.4 Å². The molecule has 0 radical (unpaired) electrons. The predicted octanol–water partition coefficient (Wildman–Crippen LogP) is 0.921. The maximum Gasteiger partial charge on any atom is 0.251 e. The highest BCUT2D eigenvalue weighted by Gasteiger charge is 2.22. The first kappa shape index (κ1) is 20.6. The Morgan fingerprint density at radius 2 is 1.93 bits per heavy atom. The first-order valence-electron chi connectivity index (χ1n) is 8.32. The molecule has 146 valence electrons. The number of amides is 1. The molecule has 2 heterocycles. The summed E-state index contributed by atoms with van der Waals surface area (Å²) < 4.78 is 32.4. The van der Waals surface area contributed by atoms with Gasteiger partial charge in [0.1, 0.15) is 6.54 Å². The van der Waals surface area contributed by atoms with E-state index in [1.165, 1.54) is 29.9 Å². The normalized spacial score (nSPS) is 11.4. The van der Waals surface area contributed by atoms with E-state index in [1.54, 1.807) is 26.0 Å². The molecule has 10 heteroatoms. The van der Waals surface area contributed by atoms with Crippen LogP contribution in [0.3, 0.4) is 0 Å². The number of nitrogens with zero attached hydrogens (tertiary/aromatic N) is 3. The Morgan fingerprint density at radius 3 is 2.48 bits per heavy atom. The predicted molar refractivity (Wildman–Crippen MR) is 100 cm³/mol. The molecule has 9 nitrogen and oxygen atoms in total. The summed E-state index contributed by atoms with van der Waals surface area (Å²) in [5.41, 5.74) is -0.0442. The Bertz CT molecular complexity index is 950. The van der Waals surface area contributed by atoms with Gasteiger partial charge in [-0.2, -0.15) is 4.31 Å². The molecule has 0 saturated carbocycles. The second-order valence-corrected chi connectivity index (χ2v) is 7.50. The van der Waals surface area contributed by atoms with Gasteiger partial charge in [-0.05, 0) is 12.1 Å². The summed E-state index contributed by atoms with van der Waals surface area (Å²) in [7, 11) is -2.25. The summed E-state index contributed by atoms with van der Waals surface area (Å²) in [4.78, 5) is 28.2. The van der Waals surface area contributed by atoms with Crippen molar-refractivity contribution in [3.63, 3.8) is 0 Å². The largest absolute Gasteiger partial charge is 0.481 e. The fraction of sp³-hybridized carbons (Fsp3) is 0.353. The van der Waals surface area contributed by atoms with E-state index in [9.17, 15) is 18.0 Å². The summed E-state index contributed by atoms with van der Waals surface area (Å²) in [6.45, 7) is 3.75. The van der Waals surface area contributed by atoms with Crippen molar-refractivity contribution < 1.29 is 17.9 Å². The molecule has 2 aromatic heterocycles. The highest BCUT2D eigenvalue weighted by atomic mass is 32.2. The van der Waals surface area contributed by atoms with Crippen molar-refractivity contribution in [2.75, 3.05) is 25.5 Å². The number of nitrogens with one attached hydrogen (secondary N) is 1. The maximum atomic E-state index is 12.6. The molecule has 2 rings (SSSR count). The van der Waals surface area contributed by atoms with Crippen LogP contribution in [0.5, 0.6) is 5.88 Å². The smallest absolute Gasteiger partial charge is 0.251 e. The standard InChI is InChI=1S/C17H22N4O5S/c1-4-21(5-2)27(24,25)14-7-9-17(23)20(11-14)12-15(22)19-13-6-8-16(26-3)18-10-13/h6-11H,4-5,12H2,1-3H3,(H,19,22). The summed E-state index contributed by atoms with van der Waals surface area (Å²) in [6, 6.07) is 5.57. The number of hydrogen-bond donors (Lipinski definition) is 1. The van der Waals surface area contributed by atoms with Gasteiger partial charge < -0.3 is 14.6 Å². The molecule has 0 aliphatic carbocycles. The van der Waals surface area contributed by atoms with E-state index < -0.39 is 21.5 Å². The summed E-state index contributed by atoms with van der Waals surface area (Å²) >= 11 is 0. The van der Waals surface area contributed by atoms with Gasteiger partial charge in [-0.25, -0.2) is 13.4 Å². The van der Waals surface area contributed by atoms with Crippen LogP contribution < -0.4 is 15.6 Å². The van der Waals surface area contributed by atoms with Crippen molar-refractivity contribution in [2.45, 2.75) is 25.3 Å². The van der Waals surface area contributed by atoms with Crippen LogP contribution in [0.15, 0.2) is 46.3 Å². The quantitative estimate of drug-likeness (QED) is 0.713. The Kier molecular flexibility index (Phi) is 6.70. The number of hydrogen-bond acceptors (Lipinski definition) is 6. The summed E-state index contributed by atoms with van der Waals surface area (Å²) in [6.07, 6.45) is 2.60. The van der Waals surface area contributed by atoms with E-state index >= 15 is 0 Å². The molecule has 0 unspecified atom stereocenters. The van der Waals surface area contributed by atoms with Crippen LogP contribution in [0.25, 0.3) is 0 Å². The van der Waals surface area contributed by atoms with E-state index in [0.717, 1.165) is 10.6 Å². The first-order chi connectivity index (χ1) is 12.8. The molecule has 0 spiro atoms. The zero-order valence-corrected chi connectivity index (χ0v) is 16.2. The fourth-order valence-electron chi connectivity index (χ4n) is 2.43. The number of rotatable bonds is 8. The highest BCUT2D eigenvalue weighted by molar-refractivity contribution is 7.89. The fourth-order valence-corrected chi connectivity index (χ4v) is 3.91. The minimum Gasteiger partial charge on any atom is -0.481 e. The van der Waals surface area contributed by atoms with Crippen molar-refractivity contribution in [1.29, 1.82) is 0 Å². The van der Waals surface area contributed by atoms with Crippen molar-refractivity contribution in [3.8, 4) is 5.88 Å². The first-order valence-corrected chi connectivity index (χ1v) is 9.76. The lowest BCUT2D eigenvalue weighted by atomic mass is 10.4. The monoisotopic (exact) mass is 394 g/mol. The molecule has 0 saturated heterocycles. The third-order valence-electron chi connectivity index (χ3n) is 3.84. The topological polar surface area (TPSA) is 111 Å². The Hall–Kier alpha value is -2.72. The lowest BCUT2D eigenvalue weighted by Crippen LogP contribution is -2.33. The third kappa shape index (κ3) is 4.92. The molecular formula is C17H22N4O5S. The van der Waals surface area contributed by atoms with Gasteiger partial charge in [-0.1, -0.05) is 13.8 Å². The van der Waals surface area contributed by atoms with Crippen LogP contribution in [0.1, 0.15) is 13.8 Å². The van der Waals surface area contributed by atoms with Gasteiger partial charge in [-0.3, -0.25) is 9.59 Å². The number of ether oxygens (including phenoxy) is 1. The van der Waals surface area contributed by atoms with Crippen LogP contribution in [-0.4, -0.2) is 48.4 Å². The van der Waals surface area contributed by atoms with Gasteiger partial charge in [0.2, 0.25) is 21.8 Å². The van der Waals surface area contributed by atoms with Gasteiger partial charge in [0.15, 0.2) is 0 Å². The molecule has 0 fully saturated rings. The molecule has 0 atom stereocenters. The maximum absolute atomic E-state index is 12.6. The van der Waals surface area contributed by atoms with Gasteiger partial charge in [0.25, 0.3) is 5.56 Å². The molecule has 0 aliphatic heterocycles. The average molecular weight is 394 g/mol. The zero-order valence-electron chi connectivity index (χ0n) is 15.4. The zero-order chi connectivity index (χ0) is 20.0. The minimum atomic E-state index is -3.72. The van der Waals surface area contributed by atoms with E-state index in [0.29, 0.717) is 24.7 Å². The Morgan fingerprint density at radius 1 is 1.22 bits per heavy atom. The van der Waals surface area contributed by atoms with Crippen LogP contribution in [0.4, 0.5) is 5.69 Å². The van der Waals surface area contributed by atoms with Crippen molar-refractivity contribution >= 4 is 21.6 Å². The molecule has 0 aliphatic rings. The molecular weight excluding hydrogens is 372 g/mol. The lowest BCUT2D eigenvalue weighted by molar-refractivity contribution is -0.116. The van der Waals surface area contributed by atoms with Crippen LogP contribution in [0, 0.1) is 0 Å². The van der Waals surface area contributed by atoms with Gasteiger partial charge in [0, 0.05) is 31.4 Å². The van der Waals surface area contributed by atoms with E-state index in [4.69, 9.17) is 4.74 Å². The van der Waals surface area contributed by atoms with Crippen LogP contribution in [-0.2, 0) is 21.4 Å².